The molecule has 1 amide bonds. The second-order valence-electron chi connectivity index (χ2n) is 8.48. The van der Waals surface area contributed by atoms with Crippen molar-refractivity contribution in [2.75, 3.05) is 0 Å². The molecule has 3 atom stereocenters. The third-order valence-corrected chi connectivity index (χ3v) is 8.17. The molecule has 0 radical (unpaired) electrons. The summed E-state index contributed by atoms with van der Waals surface area (Å²) in [6, 6.07) is 7.49. The number of nitrogens with zero attached hydrogens (tertiary/aromatic N) is 1. The van der Waals surface area contributed by atoms with E-state index in [1.165, 1.54) is 50.2 Å². The minimum Gasteiger partial charge on any atom is -0.343 e. The number of rotatable bonds is 8. The van der Waals surface area contributed by atoms with Crippen LogP contribution >= 0.6 is 11.6 Å². The van der Waals surface area contributed by atoms with E-state index in [9.17, 15) is 26.8 Å². The van der Waals surface area contributed by atoms with Gasteiger partial charge in [-0.2, -0.15) is 4.31 Å². The maximum atomic E-state index is 15.0. The number of halogens is 3. The smallest absolute Gasteiger partial charge is 0.251 e. The lowest BCUT2D eigenvalue weighted by Crippen LogP contribution is -2.46. The van der Waals surface area contributed by atoms with Gasteiger partial charge in [-0.15, -0.1) is 0 Å². The Balaban J connectivity index is 1.93. The van der Waals surface area contributed by atoms with E-state index in [1.54, 1.807) is 0 Å². The number of nitrogens with one attached hydrogen (secondary N) is 1. The van der Waals surface area contributed by atoms with Crippen LogP contribution in [0.1, 0.15) is 55.5 Å². The van der Waals surface area contributed by atoms with E-state index in [0.717, 1.165) is 10.4 Å². The van der Waals surface area contributed by atoms with Crippen LogP contribution in [0.4, 0.5) is 8.78 Å². The first-order valence-corrected chi connectivity index (χ1v) is 12.8. The molecule has 1 N–H and O–H groups in total. The molecule has 2 aromatic rings. The Hall–Kier alpha value is -2.36. The van der Waals surface area contributed by atoms with Gasteiger partial charge in [0.25, 0.3) is 5.91 Å². The van der Waals surface area contributed by atoms with Crippen LogP contribution in [0.2, 0.25) is 5.02 Å². The average molecular weight is 513 g/mol. The van der Waals surface area contributed by atoms with Gasteiger partial charge >= 0.3 is 0 Å². The van der Waals surface area contributed by atoms with E-state index < -0.39 is 46.5 Å². The summed E-state index contributed by atoms with van der Waals surface area (Å²) in [5.41, 5.74) is -0.00558. The molecule has 0 heterocycles. The van der Waals surface area contributed by atoms with Gasteiger partial charge in [0.05, 0.1) is 17.0 Å². The summed E-state index contributed by atoms with van der Waals surface area (Å²) in [4.78, 5) is 23.6. The maximum absolute atomic E-state index is 15.0. The number of Topliss-reactive ketones (excluding diaryl/α,β-unsaturated/α-hetero) is 1. The number of alkyl halides is 1. The summed E-state index contributed by atoms with van der Waals surface area (Å²) in [5.74, 6) is -1.68. The second kappa shape index (κ2) is 10.9. The Bertz CT molecular complexity index is 1160. The van der Waals surface area contributed by atoms with Crippen LogP contribution in [0.25, 0.3) is 0 Å². The highest BCUT2D eigenvalue weighted by molar-refractivity contribution is 7.89. The molecular weight excluding hydrogens is 486 g/mol. The number of sulfonamides is 1. The molecule has 0 saturated heterocycles. The number of ketones is 1. The maximum Gasteiger partial charge on any atom is 0.251 e. The predicted octanol–water partition coefficient (Wildman–Crippen LogP) is 4.66. The first-order chi connectivity index (χ1) is 16.0. The second-order valence-corrected chi connectivity index (χ2v) is 10.8. The summed E-state index contributed by atoms with van der Waals surface area (Å²) < 4.78 is 57.8. The molecule has 1 aliphatic rings. The quantitative estimate of drug-likeness (QED) is 0.557. The van der Waals surface area contributed by atoms with Crippen molar-refractivity contribution in [1.82, 2.24) is 9.62 Å². The van der Waals surface area contributed by atoms with Crippen LogP contribution in [0.5, 0.6) is 0 Å². The van der Waals surface area contributed by atoms with Crippen molar-refractivity contribution < 1.29 is 26.8 Å². The lowest BCUT2D eigenvalue weighted by molar-refractivity contribution is -0.118. The van der Waals surface area contributed by atoms with E-state index in [4.69, 9.17) is 11.6 Å². The highest BCUT2D eigenvalue weighted by Crippen LogP contribution is 2.32. The fourth-order valence-electron chi connectivity index (χ4n) is 3.88. The Morgan fingerprint density at radius 2 is 1.79 bits per heavy atom. The average Bonchev–Trinajstić information content (AvgIpc) is 2.79. The molecule has 184 valence electrons. The molecule has 1 saturated carbocycles. The third kappa shape index (κ3) is 6.00. The van der Waals surface area contributed by atoms with Crippen LogP contribution < -0.4 is 5.32 Å². The van der Waals surface area contributed by atoms with Crippen LogP contribution in [-0.4, -0.2) is 42.7 Å². The highest BCUT2D eigenvalue weighted by atomic mass is 35.5. The van der Waals surface area contributed by atoms with Crippen LogP contribution in [0.15, 0.2) is 47.4 Å². The summed E-state index contributed by atoms with van der Waals surface area (Å²) in [6.45, 7) is 2.45. The molecule has 3 rings (SSSR count). The zero-order valence-electron chi connectivity index (χ0n) is 18.9. The SMILES string of the molecule is CC(=O)[C@H](C)NC(=O)c1ccc(CN(C2CCCCC2F)S(=O)(=O)c2ccc(Cl)cc2)c(F)c1. The lowest BCUT2D eigenvalue weighted by Gasteiger charge is -2.35. The number of benzene rings is 2. The summed E-state index contributed by atoms with van der Waals surface area (Å²) in [6.07, 6.45) is 0.487. The van der Waals surface area contributed by atoms with Crippen molar-refractivity contribution in [3.05, 3.63) is 64.4 Å². The minimum absolute atomic E-state index is 0.00600. The number of hydrogen-bond acceptors (Lipinski definition) is 4. The van der Waals surface area contributed by atoms with Gasteiger partial charge in [0.1, 0.15) is 12.0 Å². The molecule has 6 nitrogen and oxygen atoms in total. The van der Waals surface area contributed by atoms with Crippen molar-refractivity contribution in [3.8, 4) is 0 Å². The fraction of sp³-hybridized carbons (Fsp3) is 0.417. The standard InChI is InChI=1S/C24H27ClF2N2O4S/c1-15(16(2)30)28-24(31)17-7-8-18(22(27)13-17)14-29(23-6-4-3-5-21(23)26)34(32,33)20-11-9-19(25)10-12-20/h7-13,15,21,23H,3-6,14H2,1-2H3,(H,28,31)/t15-,21?,23?/m0/s1. The molecule has 0 aromatic heterocycles. The molecule has 1 fully saturated rings. The third-order valence-electron chi connectivity index (χ3n) is 6.04. The Labute approximate surface area is 203 Å². The first-order valence-electron chi connectivity index (χ1n) is 11.0. The molecular formula is C24H27ClF2N2O4S. The van der Waals surface area contributed by atoms with Crippen molar-refractivity contribution in [1.29, 1.82) is 0 Å². The normalized spacial score (nSPS) is 19.6. The molecule has 2 unspecified atom stereocenters. The van der Waals surface area contributed by atoms with Crippen LogP contribution in [0.3, 0.4) is 0 Å². The van der Waals surface area contributed by atoms with Crippen molar-refractivity contribution >= 4 is 33.3 Å². The molecule has 10 heteroatoms. The number of amides is 1. The zero-order valence-corrected chi connectivity index (χ0v) is 20.5. The van der Waals surface area contributed by atoms with E-state index in [-0.39, 0.29) is 28.2 Å². The van der Waals surface area contributed by atoms with Gasteiger partial charge in [-0.3, -0.25) is 9.59 Å². The lowest BCUT2D eigenvalue weighted by atomic mass is 9.93. The topological polar surface area (TPSA) is 83.6 Å². The van der Waals surface area contributed by atoms with E-state index in [0.29, 0.717) is 24.3 Å². The number of carbonyl (C=O) groups excluding carboxylic acids is 2. The Morgan fingerprint density at radius 1 is 1.15 bits per heavy atom. The molecule has 0 spiro atoms. The van der Waals surface area contributed by atoms with Gasteiger partial charge in [0, 0.05) is 22.7 Å². The van der Waals surface area contributed by atoms with E-state index in [1.807, 2.05) is 0 Å². The fourth-order valence-corrected chi connectivity index (χ4v) is 5.66. The molecule has 34 heavy (non-hydrogen) atoms. The van der Waals surface area contributed by atoms with E-state index >= 15 is 0 Å². The predicted molar refractivity (Wildman–Crippen MR) is 125 cm³/mol. The Morgan fingerprint density at radius 3 is 2.38 bits per heavy atom. The van der Waals surface area contributed by atoms with Gasteiger partial charge < -0.3 is 5.32 Å². The summed E-state index contributed by atoms with van der Waals surface area (Å²) in [7, 11) is -4.17. The van der Waals surface area contributed by atoms with Gasteiger partial charge in [-0.05, 0) is 63.1 Å². The largest absolute Gasteiger partial charge is 0.343 e. The van der Waals surface area contributed by atoms with Crippen LogP contribution in [0, 0.1) is 5.82 Å². The van der Waals surface area contributed by atoms with Crippen molar-refractivity contribution in [2.45, 2.75) is 69.2 Å². The monoisotopic (exact) mass is 512 g/mol. The Kier molecular flexibility index (Phi) is 8.43. The first kappa shape index (κ1) is 26.2. The van der Waals surface area contributed by atoms with Crippen LogP contribution in [-0.2, 0) is 21.4 Å². The molecule has 0 bridgehead atoms. The summed E-state index contributed by atoms with van der Waals surface area (Å²) >= 11 is 5.88. The number of hydrogen-bond donors (Lipinski definition) is 1. The minimum atomic E-state index is -4.17. The molecule has 1 aliphatic carbocycles. The van der Waals surface area contributed by atoms with Gasteiger partial charge in [0.15, 0.2) is 5.78 Å². The van der Waals surface area contributed by atoms with Gasteiger partial charge in [0.2, 0.25) is 10.0 Å². The van der Waals surface area contributed by atoms with Gasteiger partial charge in [-0.1, -0.05) is 30.5 Å². The molecule has 2 aromatic carbocycles. The number of carbonyl (C=O) groups is 2. The summed E-state index contributed by atoms with van der Waals surface area (Å²) in [5, 5.41) is 2.82. The molecule has 0 aliphatic heterocycles. The van der Waals surface area contributed by atoms with Crippen molar-refractivity contribution in [2.24, 2.45) is 0 Å². The highest BCUT2D eigenvalue weighted by Gasteiger charge is 2.38. The van der Waals surface area contributed by atoms with Gasteiger partial charge in [-0.25, -0.2) is 17.2 Å². The zero-order chi connectivity index (χ0) is 25.0. The van der Waals surface area contributed by atoms with E-state index in [2.05, 4.69) is 5.32 Å². The van der Waals surface area contributed by atoms with Crippen molar-refractivity contribution in [3.63, 3.8) is 0 Å².